The first kappa shape index (κ1) is 16.0. The third-order valence-corrected chi connectivity index (χ3v) is 2.77. The van der Waals surface area contributed by atoms with Gasteiger partial charge in [-0.15, -0.1) is 0 Å². The van der Waals surface area contributed by atoms with E-state index in [-0.39, 0.29) is 18.3 Å². The Balaban J connectivity index is 2.18. The molecule has 0 bridgehead atoms. The van der Waals surface area contributed by atoms with Gasteiger partial charge >= 0.3 is 18.0 Å². The average Bonchev–Trinajstić information content (AvgIpc) is 2.96. The minimum absolute atomic E-state index is 0.0252. The third-order valence-electron chi connectivity index (χ3n) is 2.77. The first-order valence-electron chi connectivity index (χ1n) is 6.26. The molecule has 1 atom stereocenters. The molecule has 1 unspecified atom stereocenters. The standard InChI is InChI=1S/C13H12F3N3O3/c1-2-21-12(20)11-18-10(19-22-11)9(17)7-3-5-8(6-4-7)13(14,15)16/h3-6,9H,2,17H2,1H3. The van der Waals surface area contributed by atoms with E-state index >= 15 is 0 Å². The first-order chi connectivity index (χ1) is 10.3. The summed E-state index contributed by atoms with van der Waals surface area (Å²) in [5.41, 5.74) is 5.41. The maximum Gasteiger partial charge on any atom is 0.416 e. The summed E-state index contributed by atoms with van der Waals surface area (Å²) in [7, 11) is 0. The molecule has 0 aliphatic rings. The molecular weight excluding hydrogens is 303 g/mol. The van der Waals surface area contributed by atoms with Crippen molar-refractivity contribution in [2.75, 3.05) is 6.61 Å². The van der Waals surface area contributed by atoms with Gasteiger partial charge in [0.25, 0.3) is 0 Å². The minimum Gasteiger partial charge on any atom is -0.459 e. The van der Waals surface area contributed by atoms with Crippen molar-refractivity contribution in [3.63, 3.8) is 0 Å². The van der Waals surface area contributed by atoms with Gasteiger partial charge in [-0.2, -0.15) is 18.2 Å². The lowest BCUT2D eigenvalue weighted by molar-refractivity contribution is -0.137. The Labute approximate surface area is 123 Å². The summed E-state index contributed by atoms with van der Waals surface area (Å²) in [6, 6.07) is 3.32. The molecule has 6 nitrogen and oxygen atoms in total. The molecule has 1 heterocycles. The number of aromatic nitrogens is 2. The zero-order chi connectivity index (χ0) is 16.3. The molecule has 9 heteroatoms. The molecule has 0 fully saturated rings. The maximum atomic E-state index is 12.5. The molecule has 2 N–H and O–H groups in total. The number of alkyl halides is 3. The highest BCUT2D eigenvalue weighted by Gasteiger charge is 2.30. The molecule has 0 spiro atoms. The number of rotatable bonds is 4. The molecule has 0 saturated heterocycles. The molecule has 0 amide bonds. The van der Waals surface area contributed by atoms with Crippen molar-refractivity contribution in [1.29, 1.82) is 0 Å². The van der Waals surface area contributed by atoms with Crippen LogP contribution in [0.25, 0.3) is 0 Å². The summed E-state index contributed by atoms with van der Waals surface area (Å²) in [5.74, 6) is -1.18. The van der Waals surface area contributed by atoms with Gasteiger partial charge < -0.3 is 15.0 Å². The largest absolute Gasteiger partial charge is 0.459 e. The number of carbonyl (C=O) groups is 1. The number of halogens is 3. The van der Waals surface area contributed by atoms with E-state index in [9.17, 15) is 18.0 Å². The smallest absolute Gasteiger partial charge is 0.416 e. The highest BCUT2D eigenvalue weighted by atomic mass is 19.4. The second kappa shape index (κ2) is 6.14. The lowest BCUT2D eigenvalue weighted by Gasteiger charge is -2.10. The van der Waals surface area contributed by atoms with Crippen LogP contribution in [0.5, 0.6) is 0 Å². The highest BCUT2D eigenvalue weighted by Crippen LogP contribution is 2.30. The Morgan fingerprint density at radius 3 is 2.55 bits per heavy atom. The van der Waals surface area contributed by atoms with Gasteiger partial charge in [0, 0.05) is 0 Å². The minimum atomic E-state index is -4.42. The van der Waals surface area contributed by atoms with Crippen molar-refractivity contribution in [2.45, 2.75) is 19.1 Å². The molecular formula is C13H12F3N3O3. The molecule has 0 aliphatic carbocycles. The number of carbonyl (C=O) groups excluding carboxylic acids is 1. The van der Waals surface area contributed by atoms with Gasteiger partial charge in [0.2, 0.25) is 0 Å². The second-order valence-corrected chi connectivity index (χ2v) is 4.28. The van der Waals surface area contributed by atoms with Crippen LogP contribution in [0.2, 0.25) is 0 Å². The molecule has 2 rings (SSSR count). The fourth-order valence-electron chi connectivity index (χ4n) is 1.67. The lowest BCUT2D eigenvalue weighted by Crippen LogP contribution is -2.15. The van der Waals surface area contributed by atoms with E-state index in [2.05, 4.69) is 14.9 Å². The average molecular weight is 315 g/mol. The first-order valence-corrected chi connectivity index (χ1v) is 6.26. The third kappa shape index (κ3) is 3.42. The van der Waals surface area contributed by atoms with Crippen LogP contribution in [-0.2, 0) is 10.9 Å². The van der Waals surface area contributed by atoms with Gasteiger partial charge in [0.1, 0.15) is 0 Å². The zero-order valence-electron chi connectivity index (χ0n) is 11.4. The van der Waals surface area contributed by atoms with Crippen LogP contribution in [0.3, 0.4) is 0 Å². The molecule has 118 valence electrons. The normalized spacial score (nSPS) is 13.0. The van der Waals surface area contributed by atoms with E-state index in [0.717, 1.165) is 12.1 Å². The summed E-state index contributed by atoms with van der Waals surface area (Å²) >= 11 is 0. The SMILES string of the molecule is CCOC(=O)c1nc(C(N)c2ccc(C(F)(F)F)cc2)no1. The molecule has 0 saturated carbocycles. The van der Waals surface area contributed by atoms with Crippen LogP contribution in [0.15, 0.2) is 28.8 Å². The Morgan fingerprint density at radius 2 is 2.00 bits per heavy atom. The van der Waals surface area contributed by atoms with Crippen molar-refractivity contribution in [3.05, 3.63) is 47.1 Å². The van der Waals surface area contributed by atoms with Crippen molar-refractivity contribution >= 4 is 5.97 Å². The van der Waals surface area contributed by atoms with Crippen molar-refractivity contribution in [2.24, 2.45) is 5.73 Å². The Morgan fingerprint density at radius 1 is 1.36 bits per heavy atom. The number of benzene rings is 1. The fourth-order valence-corrected chi connectivity index (χ4v) is 1.67. The highest BCUT2D eigenvalue weighted by molar-refractivity contribution is 5.83. The molecule has 0 radical (unpaired) electrons. The van der Waals surface area contributed by atoms with Crippen molar-refractivity contribution in [1.82, 2.24) is 10.1 Å². The molecule has 22 heavy (non-hydrogen) atoms. The number of hydrogen-bond acceptors (Lipinski definition) is 6. The van der Waals surface area contributed by atoms with Gasteiger partial charge in [-0.25, -0.2) is 4.79 Å². The Kier molecular flexibility index (Phi) is 4.45. The zero-order valence-corrected chi connectivity index (χ0v) is 11.4. The summed E-state index contributed by atoms with van der Waals surface area (Å²) < 4.78 is 46.8. The Hall–Kier alpha value is -2.42. The van der Waals surface area contributed by atoms with E-state index in [1.165, 1.54) is 12.1 Å². The van der Waals surface area contributed by atoms with Crippen LogP contribution in [0.1, 0.15) is 40.6 Å². The van der Waals surface area contributed by atoms with Gasteiger partial charge in [-0.05, 0) is 24.6 Å². The number of esters is 1. The topological polar surface area (TPSA) is 91.2 Å². The number of hydrogen-bond donors (Lipinski definition) is 1. The van der Waals surface area contributed by atoms with Crippen LogP contribution < -0.4 is 5.73 Å². The summed E-state index contributed by atoms with van der Waals surface area (Å²) in [5, 5.41) is 3.53. The van der Waals surface area contributed by atoms with Gasteiger partial charge in [0.15, 0.2) is 5.82 Å². The second-order valence-electron chi connectivity index (χ2n) is 4.28. The lowest BCUT2D eigenvalue weighted by atomic mass is 10.0. The van der Waals surface area contributed by atoms with E-state index in [0.29, 0.717) is 5.56 Å². The van der Waals surface area contributed by atoms with E-state index in [1.54, 1.807) is 6.92 Å². The summed E-state index contributed by atoms with van der Waals surface area (Å²) in [6.45, 7) is 1.75. The summed E-state index contributed by atoms with van der Waals surface area (Å²) in [6.07, 6.45) is -4.42. The number of ether oxygens (including phenoxy) is 1. The van der Waals surface area contributed by atoms with Gasteiger partial charge in [0.05, 0.1) is 18.2 Å². The van der Waals surface area contributed by atoms with E-state index in [1.807, 2.05) is 0 Å². The predicted molar refractivity (Wildman–Crippen MR) is 67.7 cm³/mol. The molecule has 1 aromatic carbocycles. The van der Waals surface area contributed by atoms with E-state index < -0.39 is 23.8 Å². The van der Waals surface area contributed by atoms with Crippen molar-refractivity contribution < 1.29 is 27.2 Å². The van der Waals surface area contributed by atoms with E-state index in [4.69, 9.17) is 10.3 Å². The molecule has 0 aliphatic heterocycles. The van der Waals surface area contributed by atoms with Crippen LogP contribution in [0, 0.1) is 0 Å². The van der Waals surface area contributed by atoms with Crippen LogP contribution >= 0.6 is 0 Å². The number of nitrogens with two attached hydrogens (primary N) is 1. The Bertz CT molecular complexity index is 653. The fraction of sp³-hybridized carbons (Fsp3) is 0.308. The van der Waals surface area contributed by atoms with Crippen LogP contribution in [0.4, 0.5) is 13.2 Å². The van der Waals surface area contributed by atoms with Crippen LogP contribution in [-0.4, -0.2) is 22.7 Å². The predicted octanol–water partition coefficient (Wildman–Crippen LogP) is 2.31. The molecule has 2 aromatic rings. The van der Waals surface area contributed by atoms with Crippen molar-refractivity contribution in [3.8, 4) is 0 Å². The molecule has 1 aromatic heterocycles. The monoisotopic (exact) mass is 315 g/mol. The summed E-state index contributed by atoms with van der Waals surface area (Å²) in [4.78, 5) is 15.2. The van der Waals surface area contributed by atoms with Gasteiger partial charge in [-0.1, -0.05) is 17.3 Å². The van der Waals surface area contributed by atoms with Gasteiger partial charge in [-0.3, -0.25) is 0 Å². The maximum absolute atomic E-state index is 12.5. The number of nitrogens with zero attached hydrogens (tertiary/aromatic N) is 2. The quantitative estimate of drug-likeness (QED) is 0.871.